The largest absolute Gasteiger partial charge is 0.485 e. The Kier molecular flexibility index (Phi) is 7.48. The number of nitrogens with two attached hydrogens (primary N) is 1. The van der Waals surface area contributed by atoms with Gasteiger partial charge in [-0.1, -0.05) is 47.6 Å². The summed E-state index contributed by atoms with van der Waals surface area (Å²) in [7, 11) is -1.24. The average molecular weight is 611 g/mol. The second-order valence-electron chi connectivity index (χ2n) is 11.1. The van der Waals surface area contributed by atoms with Gasteiger partial charge < -0.3 is 19.8 Å². The van der Waals surface area contributed by atoms with Crippen molar-refractivity contribution in [1.82, 2.24) is 19.7 Å². The first-order valence-corrected chi connectivity index (χ1v) is 15.7. The molecule has 6 rings (SSSR count). The lowest BCUT2D eigenvalue weighted by atomic mass is 9.83. The molecule has 2 atom stereocenters. The number of fused-ring (bicyclic) bond motifs is 1. The summed E-state index contributed by atoms with van der Waals surface area (Å²) in [5.74, 6) is 2.33. The molecule has 0 aliphatic carbocycles. The molecule has 3 N–H and O–H groups in total. The highest BCUT2D eigenvalue weighted by molar-refractivity contribution is 7.99. The van der Waals surface area contributed by atoms with Gasteiger partial charge in [0.25, 0.3) is 0 Å². The minimum absolute atomic E-state index is 0.173. The zero-order valence-corrected chi connectivity index (χ0v) is 25.4. The quantitative estimate of drug-likeness (QED) is 0.269. The van der Waals surface area contributed by atoms with Crippen LogP contribution in [0.25, 0.3) is 11.5 Å². The lowest BCUT2D eigenvalue weighted by molar-refractivity contribution is 0.0384. The summed E-state index contributed by atoms with van der Waals surface area (Å²) in [6.07, 6.45) is 6.29. The van der Waals surface area contributed by atoms with Crippen LogP contribution in [0.5, 0.6) is 5.75 Å². The van der Waals surface area contributed by atoms with Crippen molar-refractivity contribution in [3.8, 4) is 17.2 Å². The summed E-state index contributed by atoms with van der Waals surface area (Å²) in [6, 6.07) is 13.5. The number of benzene rings is 2. The van der Waals surface area contributed by atoms with Gasteiger partial charge in [0, 0.05) is 36.4 Å². The van der Waals surface area contributed by atoms with E-state index in [0.717, 1.165) is 29.1 Å². The molecular weight excluding hydrogens is 580 g/mol. The molecule has 0 bridgehead atoms. The Morgan fingerprint density at radius 2 is 1.93 bits per heavy atom. The van der Waals surface area contributed by atoms with Gasteiger partial charge in [-0.15, -0.1) is 0 Å². The van der Waals surface area contributed by atoms with Crippen LogP contribution < -0.4 is 20.1 Å². The normalized spacial score (nSPS) is 18.7. The van der Waals surface area contributed by atoms with Gasteiger partial charge in [0.15, 0.2) is 5.82 Å². The number of anilines is 2. The third kappa shape index (κ3) is 5.43. The van der Waals surface area contributed by atoms with Crippen LogP contribution in [0.15, 0.2) is 75.5 Å². The van der Waals surface area contributed by atoms with Crippen LogP contribution in [-0.2, 0) is 11.0 Å². The number of halogens is 1. The second-order valence-corrected chi connectivity index (χ2v) is 14.5. The number of oxazole rings is 1. The molecule has 2 aliphatic rings. The molecule has 2 aromatic carbocycles. The molecular formula is C29H31ClN6O3S2. The Labute approximate surface area is 250 Å². The number of nitrogen functional groups attached to an aromatic ring is 1. The molecule has 1 saturated heterocycles. The molecule has 4 aromatic rings. The average Bonchev–Trinajstić information content (AvgIpc) is 3.58. The molecule has 4 heterocycles. The maximum atomic E-state index is 13.1. The van der Waals surface area contributed by atoms with Crippen molar-refractivity contribution in [2.24, 2.45) is 0 Å². The molecule has 0 radical (unpaired) electrons. The van der Waals surface area contributed by atoms with Gasteiger partial charge in [0.2, 0.25) is 5.89 Å². The van der Waals surface area contributed by atoms with Crippen molar-refractivity contribution in [1.29, 1.82) is 0 Å². The van der Waals surface area contributed by atoms with E-state index in [4.69, 9.17) is 31.5 Å². The molecule has 12 heteroatoms. The zero-order valence-electron chi connectivity index (χ0n) is 23.0. The number of para-hydroxylation sites is 1. The Morgan fingerprint density at radius 3 is 2.63 bits per heavy atom. The summed E-state index contributed by atoms with van der Waals surface area (Å²) in [5, 5.41) is 1.08. The number of piperidine rings is 1. The summed E-state index contributed by atoms with van der Waals surface area (Å²) in [6.45, 7) is 7.30. The van der Waals surface area contributed by atoms with E-state index in [2.05, 4.69) is 25.7 Å². The zero-order chi connectivity index (χ0) is 28.8. The Bertz CT molecular complexity index is 1590. The lowest BCUT2D eigenvalue weighted by Crippen LogP contribution is -2.54. The Balaban J connectivity index is 1.18. The fraction of sp³-hybridized carbons (Fsp3) is 0.345. The molecule has 1 spiro atoms. The van der Waals surface area contributed by atoms with Gasteiger partial charge in [0.1, 0.15) is 28.5 Å². The van der Waals surface area contributed by atoms with E-state index in [1.165, 1.54) is 18.0 Å². The van der Waals surface area contributed by atoms with Crippen LogP contribution in [0.2, 0.25) is 5.02 Å². The molecule has 1 fully saturated rings. The van der Waals surface area contributed by atoms with Gasteiger partial charge in [-0.2, -0.15) is 0 Å². The van der Waals surface area contributed by atoms with Crippen LogP contribution in [0.4, 0.5) is 11.6 Å². The van der Waals surface area contributed by atoms with Crippen LogP contribution in [0, 0.1) is 0 Å². The molecule has 0 unspecified atom stereocenters. The third-order valence-electron chi connectivity index (χ3n) is 7.37. The maximum Gasteiger partial charge on any atom is 0.227 e. The summed E-state index contributed by atoms with van der Waals surface area (Å²) < 4.78 is 28.1. The summed E-state index contributed by atoms with van der Waals surface area (Å²) in [4.78, 5) is 16.5. The minimum atomic E-state index is -1.24. The van der Waals surface area contributed by atoms with E-state index in [-0.39, 0.29) is 6.04 Å². The first-order valence-electron chi connectivity index (χ1n) is 13.3. The third-order valence-corrected chi connectivity index (χ3v) is 10.5. The fourth-order valence-electron chi connectivity index (χ4n) is 5.16. The van der Waals surface area contributed by atoms with Crippen molar-refractivity contribution in [3.05, 3.63) is 71.7 Å². The van der Waals surface area contributed by atoms with E-state index in [1.54, 1.807) is 12.4 Å². The highest BCUT2D eigenvalue weighted by atomic mass is 35.5. The fourth-order valence-corrected chi connectivity index (χ4v) is 7.20. The monoisotopic (exact) mass is 610 g/mol. The number of nitrogens with one attached hydrogen (secondary N) is 1. The van der Waals surface area contributed by atoms with E-state index in [1.807, 2.05) is 57.2 Å². The number of rotatable bonds is 6. The van der Waals surface area contributed by atoms with Gasteiger partial charge in [-0.05, 0) is 39.0 Å². The van der Waals surface area contributed by atoms with Crippen molar-refractivity contribution in [3.63, 3.8) is 0 Å². The first kappa shape index (κ1) is 28.0. The molecule has 0 saturated carbocycles. The number of hydrogen-bond acceptors (Lipinski definition) is 9. The summed E-state index contributed by atoms with van der Waals surface area (Å²) >= 11 is 8.01. The molecule has 2 aliphatic heterocycles. The Hall–Kier alpha value is -3.12. The minimum Gasteiger partial charge on any atom is -0.485 e. The number of nitrogens with zero attached hydrogens (tertiary/aromatic N) is 4. The van der Waals surface area contributed by atoms with Gasteiger partial charge >= 0.3 is 0 Å². The van der Waals surface area contributed by atoms with Crippen molar-refractivity contribution < 1.29 is 13.4 Å². The standard InChI is InChI=1S/C29H31ClN6O3S2/c1-28(2,3)41(37)35-24-18-7-4-5-9-20(18)39-29(24)11-14-36(15-12-29)22-17-33-27(25(31)34-22)40-21-10-6-8-19(23(21)30)26-32-13-16-38-26/h4-10,13,16-17,24,35H,11-12,14-15H2,1-3H3,(H2,31,34)/t24-,41-/m1/s1. The summed E-state index contributed by atoms with van der Waals surface area (Å²) in [5.41, 5.74) is 7.63. The van der Waals surface area contributed by atoms with Gasteiger partial charge in [0.05, 0.1) is 44.8 Å². The molecule has 2 aromatic heterocycles. The lowest BCUT2D eigenvalue weighted by Gasteiger charge is -2.42. The SMILES string of the molecule is CC(C)(C)[S@@](=O)N[C@@H]1c2ccccc2OC12CCN(c1cnc(Sc3cccc(-c4ncco4)c3Cl)c(N)n1)CC2. The van der Waals surface area contributed by atoms with E-state index < -0.39 is 21.3 Å². The topological polar surface area (TPSA) is 119 Å². The predicted molar refractivity (Wildman–Crippen MR) is 163 cm³/mol. The predicted octanol–water partition coefficient (Wildman–Crippen LogP) is 6.04. The van der Waals surface area contributed by atoms with Crippen LogP contribution in [-0.4, -0.2) is 42.6 Å². The number of hydrogen-bond donors (Lipinski definition) is 2. The number of ether oxygens (including phenoxy) is 1. The van der Waals surface area contributed by atoms with E-state index in [9.17, 15) is 4.21 Å². The molecule has 41 heavy (non-hydrogen) atoms. The highest BCUT2D eigenvalue weighted by Gasteiger charge is 2.51. The van der Waals surface area contributed by atoms with Crippen molar-refractivity contribution in [2.45, 2.75) is 59.9 Å². The molecule has 214 valence electrons. The number of aromatic nitrogens is 3. The smallest absolute Gasteiger partial charge is 0.227 e. The molecule has 0 amide bonds. The molecule has 9 nitrogen and oxygen atoms in total. The first-order chi connectivity index (χ1) is 19.6. The van der Waals surface area contributed by atoms with Gasteiger partial charge in [-0.3, -0.25) is 0 Å². The van der Waals surface area contributed by atoms with E-state index in [0.29, 0.717) is 46.2 Å². The second kappa shape index (κ2) is 10.9. The van der Waals surface area contributed by atoms with Crippen molar-refractivity contribution >= 4 is 46.0 Å². The Morgan fingerprint density at radius 1 is 1.15 bits per heavy atom. The van der Waals surface area contributed by atoms with Crippen LogP contribution in [0.1, 0.15) is 45.2 Å². The highest BCUT2D eigenvalue weighted by Crippen LogP contribution is 2.49. The van der Waals surface area contributed by atoms with Crippen molar-refractivity contribution in [2.75, 3.05) is 23.7 Å². The maximum absolute atomic E-state index is 13.1. The van der Waals surface area contributed by atoms with E-state index >= 15 is 0 Å². The van der Waals surface area contributed by atoms with Crippen LogP contribution >= 0.6 is 23.4 Å². The van der Waals surface area contributed by atoms with Crippen LogP contribution in [0.3, 0.4) is 0 Å². The van der Waals surface area contributed by atoms with Gasteiger partial charge in [-0.25, -0.2) is 23.9 Å².